The lowest BCUT2D eigenvalue weighted by molar-refractivity contribution is 0.415. The minimum atomic E-state index is -0.384. The maximum absolute atomic E-state index is 12.4. The molecule has 0 spiro atoms. The Morgan fingerprint density at radius 2 is 2.05 bits per heavy atom. The fourth-order valence-corrected chi connectivity index (χ4v) is 2.19. The van der Waals surface area contributed by atoms with Crippen LogP contribution in [0, 0.1) is 28.6 Å². The molecule has 2 rings (SSSR count). The Morgan fingerprint density at radius 3 is 2.68 bits per heavy atom. The minimum Gasteiger partial charge on any atom is -0.497 e. The van der Waals surface area contributed by atoms with Crippen LogP contribution in [0.1, 0.15) is 12.5 Å². The fraction of sp³-hybridized carbons (Fsp3) is 0.235. The first-order chi connectivity index (χ1) is 10.6. The zero-order valence-electron chi connectivity index (χ0n) is 12.4. The van der Waals surface area contributed by atoms with Crippen LogP contribution in [0.2, 0.25) is 0 Å². The maximum atomic E-state index is 12.4. The van der Waals surface area contributed by atoms with Crippen LogP contribution in [0.5, 0.6) is 5.75 Å². The number of hydrogen-bond acceptors (Lipinski definition) is 4. The molecule has 0 aliphatic heterocycles. The highest BCUT2D eigenvalue weighted by atomic mass is 16.5. The molecule has 0 amide bonds. The smallest absolute Gasteiger partial charge is 0.268 e. The Bertz CT molecular complexity index is 825. The van der Waals surface area contributed by atoms with Gasteiger partial charge in [-0.3, -0.25) is 4.79 Å². The monoisotopic (exact) mass is 293 g/mol. The van der Waals surface area contributed by atoms with E-state index in [1.807, 2.05) is 30.3 Å². The lowest BCUT2D eigenvalue weighted by Crippen LogP contribution is -2.26. The molecule has 0 saturated carbocycles. The molecule has 0 fully saturated rings. The molecule has 1 heterocycles. The van der Waals surface area contributed by atoms with E-state index in [0.717, 1.165) is 5.56 Å². The van der Waals surface area contributed by atoms with E-state index in [4.69, 9.17) is 15.3 Å². The molecule has 1 unspecified atom stereocenters. The average Bonchev–Trinajstić information content (AvgIpc) is 2.56. The van der Waals surface area contributed by atoms with Gasteiger partial charge >= 0.3 is 0 Å². The third kappa shape index (κ3) is 2.99. The highest BCUT2D eigenvalue weighted by Crippen LogP contribution is 2.23. The number of nitrogens with zero attached hydrogens (tertiary/aromatic N) is 3. The Labute approximate surface area is 128 Å². The van der Waals surface area contributed by atoms with Crippen molar-refractivity contribution in [1.29, 1.82) is 10.5 Å². The number of benzene rings is 1. The summed E-state index contributed by atoms with van der Waals surface area (Å²) in [7, 11) is 1.57. The second-order valence-electron chi connectivity index (χ2n) is 4.92. The van der Waals surface area contributed by atoms with Gasteiger partial charge in [-0.15, -0.1) is 0 Å². The number of ether oxygens (including phenoxy) is 1. The van der Waals surface area contributed by atoms with Crippen molar-refractivity contribution in [1.82, 2.24) is 4.57 Å². The van der Waals surface area contributed by atoms with Crippen LogP contribution in [-0.2, 0) is 6.54 Å². The summed E-state index contributed by atoms with van der Waals surface area (Å²) in [5, 5.41) is 18.0. The number of hydrogen-bond donors (Lipinski definition) is 0. The number of aromatic nitrogens is 1. The molecule has 0 aliphatic carbocycles. The number of methoxy groups -OCH3 is 1. The van der Waals surface area contributed by atoms with Crippen LogP contribution in [-0.4, -0.2) is 11.7 Å². The average molecular weight is 293 g/mol. The van der Waals surface area contributed by atoms with E-state index >= 15 is 0 Å². The SMILES string of the molecule is COc1cccc(-c2ccc(C#N)c(=O)n2CC(C)C#N)c1. The molecule has 0 bridgehead atoms. The topological polar surface area (TPSA) is 78.8 Å². The van der Waals surface area contributed by atoms with Gasteiger partial charge in [0.2, 0.25) is 0 Å². The van der Waals surface area contributed by atoms with Crippen LogP contribution < -0.4 is 10.3 Å². The van der Waals surface area contributed by atoms with E-state index in [2.05, 4.69) is 6.07 Å². The second kappa shape index (κ2) is 6.60. The van der Waals surface area contributed by atoms with Crippen LogP contribution in [0.25, 0.3) is 11.3 Å². The largest absolute Gasteiger partial charge is 0.497 e. The van der Waals surface area contributed by atoms with Crippen LogP contribution >= 0.6 is 0 Å². The van der Waals surface area contributed by atoms with E-state index in [9.17, 15) is 4.79 Å². The molecule has 5 heteroatoms. The van der Waals surface area contributed by atoms with Gasteiger partial charge in [-0.25, -0.2) is 0 Å². The van der Waals surface area contributed by atoms with Crippen molar-refractivity contribution >= 4 is 0 Å². The summed E-state index contributed by atoms with van der Waals surface area (Å²) in [6, 6.07) is 14.5. The number of nitriles is 2. The van der Waals surface area contributed by atoms with Crippen molar-refractivity contribution in [2.75, 3.05) is 7.11 Å². The minimum absolute atomic E-state index is 0.0665. The van der Waals surface area contributed by atoms with Gasteiger partial charge in [0.15, 0.2) is 0 Å². The van der Waals surface area contributed by atoms with Gasteiger partial charge in [0.25, 0.3) is 5.56 Å². The molecule has 2 aromatic rings. The molecule has 0 saturated heterocycles. The zero-order chi connectivity index (χ0) is 16.1. The highest BCUT2D eigenvalue weighted by molar-refractivity contribution is 5.62. The second-order valence-corrected chi connectivity index (χ2v) is 4.92. The number of rotatable bonds is 4. The molecule has 0 radical (unpaired) electrons. The first-order valence-electron chi connectivity index (χ1n) is 6.78. The Hall–Kier alpha value is -3.05. The molecule has 5 nitrogen and oxygen atoms in total. The third-order valence-corrected chi connectivity index (χ3v) is 3.34. The summed E-state index contributed by atoms with van der Waals surface area (Å²) in [5.74, 6) is 0.338. The van der Waals surface area contributed by atoms with E-state index in [1.165, 1.54) is 10.6 Å². The molecular weight excluding hydrogens is 278 g/mol. The normalized spacial score (nSPS) is 11.3. The molecule has 1 aromatic carbocycles. The molecule has 0 N–H and O–H groups in total. The Morgan fingerprint density at radius 1 is 1.27 bits per heavy atom. The summed E-state index contributed by atoms with van der Waals surface area (Å²) in [6.45, 7) is 1.97. The molecule has 1 atom stereocenters. The lowest BCUT2D eigenvalue weighted by atomic mass is 10.1. The first-order valence-corrected chi connectivity index (χ1v) is 6.78. The van der Waals surface area contributed by atoms with Crippen LogP contribution in [0.4, 0.5) is 0 Å². The van der Waals surface area contributed by atoms with E-state index in [0.29, 0.717) is 11.4 Å². The summed E-state index contributed by atoms with van der Waals surface area (Å²) < 4.78 is 6.67. The Balaban J connectivity index is 2.65. The fourth-order valence-electron chi connectivity index (χ4n) is 2.19. The quantitative estimate of drug-likeness (QED) is 0.867. The number of pyridine rings is 1. The van der Waals surface area contributed by atoms with Crippen molar-refractivity contribution in [3.8, 4) is 29.1 Å². The van der Waals surface area contributed by atoms with Crippen LogP contribution in [0.3, 0.4) is 0 Å². The van der Waals surface area contributed by atoms with Gasteiger partial charge in [-0.05, 0) is 31.2 Å². The van der Waals surface area contributed by atoms with Crippen molar-refractivity contribution in [2.45, 2.75) is 13.5 Å². The predicted molar refractivity (Wildman–Crippen MR) is 82.2 cm³/mol. The van der Waals surface area contributed by atoms with Crippen molar-refractivity contribution < 1.29 is 4.74 Å². The highest BCUT2D eigenvalue weighted by Gasteiger charge is 2.13. The maximum Gasteiger partial charge on any atom is 0.268 e. The van der Waals surface area contributed by atoms with Crippen molar-refractivity contribution in [3.05, 3.63) is 52.3 Å². The molecule has 110 valence electrons. The van der Waals surface area contributed by atoms with Gasteiger partial charge in [0, 0.05) is 12.1 Å². The summed E-state index contributed by atoms with van der Waals surface area (Å²) in [6.07, 6.45) is 0. The molecular formula is C17H15N3O2. The van der Waals surface area contributed by atoms with Crippen LogP contribution in [0.15, 0.2) is 41.2 Å². The van der Waals surface area contributed by atoms with Gasteiger partial charge < -0.3 is 9.30 Å². The van der Waals surface area contributed by atoms with Gasteiger partial charge in [0.1, 0.15) is 17.4 Å². The van der Waals surface area contributed by atoms with E-state index in [1.54, 1.807) is 20.1 Å². The summed E-state index contributed by atoms with van der Waals surface area (Å²) in [5.41, 5.74) is 1.14. The van der Waals surface area contributed by atoms with E-state index in [-0.39, 0.29) is 23.6 Å². The predicted octanol–water partition coefficient (Wildman–Crippen LogP) is 2.56. The van der Waals surface area contributed by atoms with Gasteiger partial charge in [0.05, 0.1) is 24.8 Å². The molecule has 0 aliphatic rings. The Kier molecular flexibility index (Phi) is 4.60. The summed E-state index contributed by atoms with van der Waals surface area (Å²) in [4.78, 5) is 12.4. The van der Waals surface area contributed by atoms with Crippen molar-refractivity contribution in [3.63, 3.8) is 0 Å². The third-order valence-electron chi connectivity index (χ3n) is 3.34. The lowest BCUT2D eigenvalue weighted by Gasteiger charge is -2.15. The van der Waals surface area contributed by atoms with Gasteiger partial charge in [-0.2, -0.15) is 10.5 Å². The van der Waals surface area contributed by atoms with Crippen molar-refractivity contribution in [2.24, 2.45) is 5.92 Å². The zero-order valence-corrected chi connectivity index (χ0v) is 12.4. The standard InChI is InChI=1S/C17H15N3O2/c1-12(9-18)11-20-16(7-6-14(10-19)17(20)21)13-4-3-5-15(8-13)22-2/h3-8,12H,11H2,1-2H3. The molecule has 22 heavy (non-hydrogen) atoms. The summed E-state index contributed by atoms with van der Waals surface area (Å²) >= 11 is 0. The molecule has 1 aromatic heterocycles. The van der Waals surface area contributed by atoms with E-state index < -0.39 is 0 Å². The first kappa shape index (κ1) is 15.3. The van der Waals surface area contributed by atoms with Gasteiger partial charge in [-0.1, -0.05) is 12.1 Å².